The maximum atomic E-state index is 13.8. The van der Waals surface area contributed by atoms with Crippen LogP contribution in [0.2, 0.25) is 0 Å². The summed E-state index contributed by atoms with van der Waals surface area (Å²) in [6.45, 7) is 0.200. The van der Waals surface area contributed by atoms with Crippen molar-refractivity contribution in [2.24, 2.45) is 11.3 Å². The van der Waals surface area contributed by atoms with E-state index in [1.54, 1.807) is 7.11 Å². The predicted molar refractivity (Wildman–Crippen MR) is 94.8 cm³/mol. The first-order valence-corrected chi connectivity index (χ1v) is 9.57. The average Bonchev–Trinajstić information content (AvgIpc) is 2.67. The van der Waals surface area contributed by atoms with Crippen molar-refractivity contribution >= 4 is 5.97 Å². The zero-order chi connectivity index (χ0) is 18.6. The Hall–Kier alpha value is -1.49. The van der Waals surface area contributed by atoms with Crippen LogP contribution in [0.4, 0.5) is 8.78 Å². The molecular weight excluding hydrogens is 338 g/mol. The minimum atomic E-state index is -2.66. The molecule has 2 fully saturated rings. The minimum absolute atomic E-state index is 0.105. The average molecular weight is 366 g/mol. The van der Waals surface area contributed by atoms with Crippen molar-refractivity contribution in [3.8, 4) is 0 Å². The molecule has 5 heteroatoms. The van der Waals surface area contributed by atoms with Crippen LogP contribution in [0.15, 0.2) is 30.3 Å². The molecule has 0 N–H and O–H groups in total. The topological polar surface area (TPSA) is 35.5 Å². The maximum Gasteiger partial charge on any atom is 0.312 e. The normalized spacial score (nSPS) is 27.7. The molecule has 0 aromatic heterocycles. The van der Waals surface area contributed by atoms with Gasteiger partial charge in [-0.3, -0.25) is 4.79 Å². The molecule has 3 nitrogen and oxygen atoms in total. The standard InChI is InChI=1S/C21H28F2O3/c1-25-18-9-7-17(8-10-18)20(11-13-21(22,23)14-12-20)19(24)26-15-16-5-3-2-4-6-16/h2-6,17-18H,7-15H2,1H3/t17-,18-. The summed E-state index contributed by atoms with van der Waals surface area (Å²) in [4.78, 5) is 13.1. The highest BCUT2D eigenvalue weighted by molar-refractivity contribution is 5.77. The molecule has 0 aliphatic heterocycles. The number of halogens is 2. The Balaban J connectivity index is 1.71. The van der Waals surface area contributed by atoms with E-state index in [0.717, 1.165) is 31.2 Å². The number of alkyl halides is 2. The Morgan fingerprint density at radius 1 is 1.04 bits per heavy atom. The second-order valence-electron chi connectivity index (χ2n) is 7.78. The molecule has 0 unspecified atom stereocenters. The summed E-state index contributed by atoms with van der Waals surface area (Å²) in [6.07, 6.45) is 3.64. The van der Waals surface area contributed by atoms with Crippen molar-refractivity contribution in [1.29, 1.82) is 0 Å². The molecule has 0 bridgehead atoms. The van der Waals surface area contributed by atoms with Crippen LogP contribution in [0.25, 0.3) is 0 Å². The predicted octanol–water partition coefficient (Wildman–Crippen LogP) is 5.13. The molecule has 26 heavy (non-hydrogen) atoms. The van der Waals surface area contributed by atoms with Gasteiger partial charge < -0.3 is 9.47 Å². The monoisotopic (exact) mass is 366 g/mol. The van der Waals surface area contributed by atoms with Gasteiger partial charge in [-0.15, -0.1) is 0 Å². The number of benzene rings is 1. The zero-order valence-corrected chi connectivity index (χ0v) is 15.4. The molecule has 0 spiro atoms. The fourth-order valence-electron chi connectivity index (χ4n) is 4.56. The highest BCUT2D eigenvalue weighted by atomic mass is 19.3. The van der Waals surface area contributed by atoms with Crippen LogP contribution < -0.4 is 0 Å². The fraction of sp³-hybridized carbons (Fsp3) is 0.667. The number of hydrogen-bond acceptors (Lipinski definition) is 3. The van der Waals surface area contributed by atoms with Crippen molar-refractivity contribution in [3.05, 3.63) is 35.9 Å². The number of methoxy groups -OCH3 is 1. The molecular formula is C21H28F2O3. The molecule has 144 valence electrons. The fourth-order valence-corrected chi connectivity index (χ4v) is 4.56. The molecule has 0 heterocycles. The molecule has 2 aliphatic rings. The lowest BCUT2D eigenvalue weighted by atomic mass is 9.61. The van der Waals surface area contributed by atoms with E-state index in [9.17, 15) is 13.6 Å². The van der Waals surface area contributed by atoms with Crippen LogP contribution in [0, 0.1) is 11.3 Å². The molecule has 0 amide bonds. The van der Waals surface area contributed by atoms with Crippen LogP contribution in [-0.2, 0) is 20.9 Å². The molecule has 2 aliphatic carbocycles. The van der Waals surface area contributed by atoms with Gasteiger partial charge >= 0.3 is 5.97 Å². The molecule has 0 atom stereocenters. The van der Waals surface area contributed by atoms with E-state index in [0.29, 0.717) is 0 Å². The summed E-state index contributed by atoms with van der Waals surface area (Å²) < 4.78 is 38.6. The van der Waals surface area contributed by atoms with E-state index >= 15 is 0 Å². The van der Waals surface area contributed by atoms with Gasteiger partial charge in [0.15, 0.2) is 0 Å². The lowest BCUT2D eigenvalue weighted by Crippen LogP contribution is -2.47. The van der Waals surface area contributed by atoms with Gasteiger partial charge in [-0.1, -0.05) is 30.3 Å². The molecule has 2 saturated carbocycles. The van der Waals surface area contributed by atoms with Gasteiger partial charge in [-0.05, 0) is 50.0 Å². The van der Waals surface area contributed by atoms with Gasteiger partial charge in [-0.2, -0.15) is 0 Å². The number of ether oxygens (including phenoxy) is 2. The first kappa shape index (κ1) is 19.3. The van der Waals surface area contributed by atoms with Crippen LogP contribution in [0.1, 0.15) is 56.9 Å². The Kier molecular flexibility index (Phi) is 5.96. The second kappa shape index (κ2) is 8.03. The van der Waals surface area contributed by atoms with Crippen molar-refractivity contribution in [2.45, 2.75) is 70.0 Å². The van der Waals surface area contributed by atoms with Crippen molar-refractivity contribution in [3.63, 3.8) is 0 Å². The van der Waals surface area contributed by atoms with Gasteiger partial charge in [0, 0.05) is 20.0 Å². The van der Waals surface area contributed by atoms with Gasteiger partial charge in [0.2, 0.25) is 5.92 Å². The zero-order valence-electron chi connectivity index (χ0n) is 15.4. The van der Waals surface area contributed by atoms with Crippen molar-refractivity contribution < 1.29 is 23.0 Å². The third-order valence-electron chi connectivity index (χ3n) is 6.28. The number of esters is 1. The quantitative estimate of drug-likeness (QED) is 0.678. The summed E-state index contributed by atoms with van der Waals surface area (Å²) in [5.74, 6) is -2.85. The highest BCUT2D eigenvalue weighted by Gasteiger charge is 2.53. The molecule has 1 aromatic rings. The second-order valence-corrected chi connectivity index (χ2v) is 7.78. The molecule has 0 radical (unpaired) electrons. The van der Waals surface area contributed by atoms with Gasteiger partial charge in [0.25, 0.3) is 0 Å². The number of rotatable bonds is 5. The number of carbonyl (C=O) groups is 1. The Labute approximate surface area is 154 Å². The van der Waals surface area contributed by atoms with Crippen molar-refractivity contribution in [1.82, 2.24) is 0 Å². The van der Waals surface area contributed by atoms with E-state index in [2.05, 4.69) is 0 Å². The lowest BCUT2D eigenvalue weighted by molar-refractivity contribution is -0.173. The Bertz CT molecular complexity index is 585. The SMILES string of the molecule is CO[C@H]1CC[C@H](C2(C(=O)OCc3ccccc3)CCC(F)(F)CC2)CC1. The van der Waals surface area contributed by atoms with E-state index < -0.39 is 11.3 Å². The first-order chi connectivity index (χ1) is 12.5. The van der Waals surface area contributed by atoms with E-state index in [1.165, 1.54) is 0 Å². The van der Waals surface area contributed by atoms with E-state index in [1.807, 2.05) is 30.3 Å². The Morgan fingerprint density at radius 2 is 1.65 bits per heavy atom. The third kappa shape index (κ3) is 4.25. The first-order valence-electron chi connectivity index (χ1n) is 9.57. The summed E-state index contributed by atoms with van der Waals surface area (Å²) in [6, 6.07) is 9.50. The van der Waals surface area contributed by atoms with Crippen LogP contribution in [0.3, 0.4) is 0 Å². The largest absolute Gasteiger partial charge is 0.460 e. The van der Waals surface area contributed by atoms with E-state index in [-0.39, 0.29) is 50.3 Å². The molecule has 3 rings (SSSR count). The summed E-state index contributed by atoms with van der Waals surface area (Å²) in [5.41, 5.74) is 0.148. The van der Waals surface area contributed by atoms with Crippen molar-refractivity contribution in [2.75, 3.05) is 7.11 Å². The molecule has 1 aromatic carbocycles. The number of hydrogen-bond donors (Lipinski definition) is 0. The summed E-state index contributed by atoms with van der Waals surface area (Å²) in [5, 5.41) is 0. The third-order valence-corrected chi connectivity index (χ3v) is 6.28. The summed E-state index contributed by atoms with van der Waals surface area (Å²) in [7, 11) is 1.70. The van der Waals surface area contributed by atoms with Crippen LogP contribution in [-0.4, -0.2) is 25.1 Å². The Morgan fingerprint density at radius 3 is 2.23 bits per heavy atom. The van der Waals surface area contributed by atoms with Gasteiger partial charge in [-0.25, -0.2) is 8.78 Å². The smallest absolute Gasteiger partial charge is 0.312 e. The minimum Gasteiger partial charge on any atom is -0.460 e. The van der Waals surface area contributed by atoms with Crippen LogP contribution >= 0.6 is 0 Å². The number of carbonyl (C=O) groups excluding carboxylic acids is 1. The summed E-state index contributed by atoms with van der Waals surface area (Å²) >= 11 is 0. The lowest BCUT2D eigenvalue weighted by Gasteiger charge is -2.45. The van der Waals surface area contributed by atoms with Gasteiger partial charge in [0.05, 0.1) is 11.5 Å². The van der Waals surface area contributed by atoms with Crippen LogP contribution in [0.5, 0.6) is 0 Å². The molecule has 0 saturated heterocycles. The van der Waals surface area contributed by atoms with E-state index in [4.69, 9.17) is 9.47 Å². The van der Waals surface area contributed by atoms with Gasteiger partial charge in [0.1, 0.15) is 6.61 Å². The maximum absolute atomic E-state index is 13.8. The highest BCUT2D eigenvalue weighted by Crippen LogP contribution is 2.52.